The Balaban J connectivity index is 1.90. The Morgan fingerprint density at radius 1 is 1.00 bits per heavy atom. The van der Waals surface area contributed by atoms with Gasteiger partial charge in [0.2, 0.25) is 5.91 Å². The van der Waals surface area contributed by atoms with Gasteiger partial charge in [0.15, 0.2) is 0 Å². The summed E-state index contributed by atoms with van der Waals surface area (Å²) < 4.78 is 45.8. The third kappa shape index (κ3) is 7.61. The third-order valence-corrected chi connectivity index (χ3v) is 4.61. The molecule has 1 aliphatic heterocycles. The Morgan fingerprint density at radius 3 is 2.00 bits per heavy atom. The normalized spacial score (nSPS) is 15.7. The van der Waals surface area contributed by atoms with Crippen LogP contribution >= 0.6 is 0 Å². The van der Waals surface area contributed by atoms with E-state index < -0.39 is 29.8 Å². The third-order valence-electron chi connectivity index (χ3n) is 4.61. The molecule has 11 heteroatoms. The number of alkyl halides is 3. The van der Waals surface area contributed by atoms with Crippen molar-refractivity contribution in [1.82, 2.24) is 15.1 Å². The lowest BCUT2D eigenvalue weighted by molar-refractivity contribution is -0.274. The minimum Gasteiger partial charge on any atom is -0.444 e. The standard InChI is InChI=1S/C21H28F3N3O5/c1-5-16(25-19(30)32-20(2,3)4)18(29)27-12-10-26(11-13-27)17(28)14-6-8-15(9-7-14)31-21(22,23)24/h6-9,16H,5,10-13H2,1-4H3,(H,25,30)/t16-/m0/s1. The smallest absolute Gasteiger partial charge is 0.444 e. The van der Waals surface area contributed by atoms with Crippen LogP contribution in [0.25, 0.3) is 0 Å². The van der Waals surface area contributed by atoms with E-state index in [0.717, 1.165) is 12.1 Å². The number of carbonyl (C=O) groups is 3. The minimum absolute atomic E-state index is 0.220. The number of carbonyl (C=O) groups excluding carboxylic acids is 3. The minimum atomic E-state index is -4.80. The largest absolute Gasteiger partial charge is 0.573 e. The van der Waals surface area contributed by atoms with Gasteiger partial charge >= 0.3 is 12.5 Å². The van der Waals surface area contributed by atoms with E-state index in [0.29, 0.717) is 6.42 Å². The van der Waals surface area contributed by atoms with Gasteiger partial charge in [-0.05, 0) is 51.5 Å². The predicted molar refractivity (Wildman–Crippen MR) is 109 cm³/mol. The zero-order valence-corrected chi connectivity index (χ0v) is 18.5. The molecule has 178 valence electrons. The molecular weight excluding hydrogens is 431 g/mol. The summed E-state index contributed by atoms with van der Waals surface area (Å²) in [5.41, 5.74) is -0.466. The molecule has 1 saturated heterocycles. The van der Waals surface area contributed by atoms with E-state index in [1.54, 1.807) is 32.6 Å². The first-order valence-electron chi connectivity index (χ1n) is 10.2. The molecule has 0 aliphatic carbocycles. The molecule has 0 spiro atoms. The van der Waals surface area contributed by atoms with E-state index in [4.69, 9.17) is 4.74 Å². The molecule has 1 N–H and O–H groups in total. The molecule has 8 nitrogen and oxygen atoms in total. The molecular formula is C21H28F3N3O5. The van der Waals surface area contributed by atoms with Crippen LogP contribution in [0.4, 0.5) is 18.0 Å². The summed E-state index contributed by atoms with van der Waals surface area (Å²) in [6.45, 7) is 8.00. The summed E-state index contributed by atoms with van der Waals surface area (Å²) >= 11 is 0. The SMILES string of the molecule is CC[C@H](NC(=O)OC(C)(C)C)C(=O)N1CCN(C(=O)c2ccc(OC(F)(F)F)cc2)CC1. The summed E-state index contributed by atoms with van der Waals surface area (Å²) in [6, 6.07) is 3.94. The predicted octanol–water partition coefficient (Wildman–Crippen LogP) is 3.17. The molecule has 1 atom stereocenters. The van der Waals surface area contributed by atoms with Crippen molar-refractivity contribution >= 4 is 17.9 Å². The van der Waals surface area contributed by atoms with Gasteiger partial charge in [0, 0.05) is 31.7 Å². The average Bonchev–Trinajstić information content (AvgIpc) is 2.69. The number of nitrogens with one attached hydrogen (secondary N) is 1. The van der Waals surface area contributed by atoms with Crippen molar-refractivity contribution in [2.75, 3.05) is 26.2 Å². The monoisotopic (exact) mass is 459 g/mol. The number of halogens is 3. The highest BCUT2D eigenvalue weighted by Gasteiger charge is 2.32. The van der Waals surface area contributed by atoms with Crippen molar-refractivity contribution in [2.24, 2.45) is 0 Å². The molecule has 2 rings (SSSR count). The summed E-state index contributed by atoms with van der Waals surface area (Å²) in [5, 5.41) is 2.58. The van der Waals surface area contributed by atoms with E-state index in [9.17, 15) is 27.6 Å². The summed E-state index contributed by atoms with van der Waals surface area (Å²) in [5.74, 6) is -1.03. The fourth-order valence-electron chi connectivity index (χ4n) is 3.12. The van der Waals surface area contributed by atoms with Gasteiger partial charge in [-0.1, -0.05) is 6.92 Å². The van der Waals surface area contributed by atoms with Gasteiger partial charge in [-0.3, -0.25) is 9.59 Å². The fourth-order valence-corrected chi connectivity index (χ4v) is 3.12. The number of benzene rings is 1. The van der Waals surface area contributed by atoms with Gasteiger partial charge in [-0.15, -0.1) is 13.2 Å². The number of piperazine rings is 1. The highest BCUT2D eigenvalue weighted by atomic mass is 19.4. The first-order valence-corrected chi connectivity index (χ1v) is 10.2. The molecule has 1 aliphatic rings. The van der Waals surface area contributed by atoms with Crippen LogP contribution in [0.1, 0.15) is 44.5 Å². The zero-order valence-electron chi connectivity index (χ0n) is 18.5. The van der Waals surface area contributed by atoms with Crippen LogP contribution in [0.2, 0.25) is 0 Å². The second kappa shape index (κ2) is 10.1. The summed E-state index contributed by atoms with van der Waals surface area (Å²) in [7, 11) is 0. The van der Waals surface area contributed by atoms with Crippen molar-refractivity contribution in [3.8, 4) is 5.75 Å². The second-order valence-electron chi connectivity index (χ2n) is 8.30. The maximum atomic E-state index is 12.8. The lowest BCUT2D eigenvalue weighted by Gasteiger charge is -2.36. The van der Waals surface area contributed by atoms with Gasteiger partial charge in [0.1, 0.15) is 17.4 Å². The molecule has 32 heavy (non-hydrogen) atoms. The number of hydrogen-bond acceptors (Lipinski definition) is 5. The molecule has 0 unspecified atom stereocenters. The van der Waals surface area contributed by atoms with E-state index in [1.165, 1.54) is 17.0 Å². The van der Waals surface area contributed by atoms with Gasteiger partial charge < -0.3 is 24.6 Å². The number of ether oxygens (including phenoxy) is 2. The lowest BCUT2D eigenvalue weighted by atomic mass is 10.1. The molecule has 0 bridgehead atoms. The van der Waals surface area contributed by atoms with Crippen LogP contribution in [-0.4, -0.2) is 71.9 Å². The highest BCUT2D eigenvalue weighted by molar-refractivity contribution is 5.94. The van der Waals surface area contributed by atoms with Crippen LogP contribution in [-0.2, 0) is 9.53 Å². The molecule has 1 heterocycles. The van der Waals surface area contributed by atoms with E-state index in [2.05, 4.69) is 10.1 Å². The Kier molecular flexibility index (Phi) is 7.97. The number of amides is 3. The van der Waals surface area contributed by atoms with E-state index in [-0.39, 0.29) is 43.6 Å². The van der Waals surface area contributed by atoms with Crippen molar-refractivity contribution in [1.29, 1.82) is 0 Å². The van der Waals surface area contributed by atoms with E-state index in [1.807, 2.05) is 0 Å². The maximum Gasteiger partial charge on any atom is 0.573 e. The van der Waals surface area contributed by atoms with Crippen LogP contribution < -0.4 is 10.1 Å². The molecule has 0 saturated carbocycles. The number of alkyl carbamates (subject to hydrolysis) is 1. The van der Waals surface area contributed by atoms with Gasteiger partial charge in [-0.25, -0.2) is 4.79 Å². The Morgan fingerprint density at radius 2 is 1.53 bits per heavy atom. The Hall–Kier alpha value is -2.98. The van der Waals surface area contributed by atoms with Crippen molar-refractivity contribution in [2.45, 2.75) is 52.1 Å². The van der Waals surface area contributed by atoms with Gasteiger partial charge in [0.25, 0.3) is 5.91 Å². The van der Waals surface area contributed by atoms with Gasteiger partial charge in [0.05, 0.1) is 0 Å². The molecule has 0 radical (unpaired) electrons. The molecule has 1 aromatic carbocycles. The topological polar surface area (TPSA) is 88.2 Å². The molecule has 0 aromatic heterocycles. The first-order chi connectivity index (χ1) is 14.8. The zero-order chi connectivity index (χ0) is 24.1. The van der Waals surface area contributed by atoms with E-state index >= 15 is 0 Å². The van der Waals surface area contributed by atoms with Crippen molar-refractivity contribution in [3.63, 3.8) is 0 Å². The van der Waals surface area contributed by atoms with Crippen molar-refractivity contribution in [3.05, 3.63) is 29.8 Å². The fraction of sp³-hybridized carbons (Fsp3) is 0.571. The summed E-state index contributed by atoms with van der Waals surface area (Å²) in [4.78, 5) is 40.5. The highest BCUT2D eigenvalue weighted by Crippen LogP contribution is 2.23. The molecule has 1 aromatic rings. The Labute approximate surface area is 184 Å². The number of nitrogens with zero attached hydrogens (tertiary/aromatic N) is 2. The van der Waals surface area contributed by atoms with Crippen LogP contribution in [0.15, 0.2) is 24.3 Å². The van der Waals surface area contributed by atoms with Crippen molar-refractivity contribution < 1.29 is 37.0 Å². The van der Waals surface area contributed by atoms with Crippen LogP contribution in [0, 0.1) is 0 Å². The van der Waals surface area contributed by atoms with Crippen LogP contribution in [0.5, 0.6) is 5.75 Å². The number of hydrogen-bond donors (Lipinski definition) is 1. The number of rotatable bonds is 5. The maximum absolute atomic E-state index is 12.8. The first kappa shape index (κ1) is 25.3. The average molecular weight is 459 g/mol. The molecule has 1 fully saturated rings. The second-order valence-corrected chi connectivity index (χ2v) is 8.30. The summed E-state index contributed by atoms with van der Waals surface area (Å²) in [6.07, 6.45) is -5.10. The quantitative estimate of drug-likeness (QED) is 0.731. The Bertz CT molecular complexity index is 813. The lowest BCUT2D eigenvalue weighted by Crippen LogP contribution is -2.56. The van der Waals surface area contributed by atoms with Gasteiger partial charge in [-0.2, -0.15) is 0 Å². The van der Waals surface area contributed by atoms with Crippen LogP contribution in [0.3, 0.4) is 0 Å². The molecule has 3 amide bonds.